The van der Waals surface area contributed by atoms with Gasteiger partial charge in [0.2, 0.25) is 5.91 Å². The second-order valence-electron chi connectivity index (χ2n) is 8.36. The molecule has 0 aromatic heterocycles. The molecule has 2 amide bonds. The van der Waals surface area contributed by atoms with Gasteiger partial charge in [0, 0.05) is 22.0 Å². The van der Waals surface area contributed by atoms with E-state index in [0.29, 0.717) is 6.42 Å². The molecule has 2 aromatic rings. The Morgan fingerprint density at radius 3 is 2.53 bits per heavy atom. The number of likely N-dealkylation sites (tertiary alicyclic amines) is 1. The molecule has 0 spiro atoms. The standard InChI is InChI=1S/C23H25BrN2O4/c1-23(2)20-16(24)5-4-6-17(20)26(22(23)29)18-11-12-19(27)25(21(18)28)13-14-7-9-15(30-3)10-8-14/h4-10,18,22,29H,11-13H2,1-3H3. The minimum absolute atomic E-state index is 0.186. The SMILES string of the molecule is COc1ccc(CN2C(=O)CCC(N3c4cccc(Br)c4C(C)(C)C3O)C2=O)cc1. The van der Waals surface area contributed by atoms with Crippen LogP contribution in [-0.4, -0.2) is 41.2 Å². The number of fused-ring (bicyclic) bond motifs is 1. The van der Waals surface area contributed by atoms with Gasteiger partial charge in [-0.25, -0.2) is 0 Å². The van der Waals surface area contributed by atoms with Crippen molar-refractivity contribution in [2.75, 3.05) is 12.0 Å². The van der Waals surface area contributed by atoms with Crippen LogP contribution in [0.2, 0.25) is 0 Å². The third-order valence-corrected chi connectivity index (χ3v) is 6.80. The van der Waals surface area contributed by atoms with Crippen LogP contribution < -0.4 is 9.64 Å². The highest BCUT2D eigenvalue weighted by Crippen LogP contribution is 2.49. The monoisotopic (exact) mass is 472 g/mol. The van der Waals surface area contributed by atoms with Crippen molar-refractivity contribution in [3.63, 3.8) is 0 Å². The number of piperidine rings is 1. The Morgan fingerprint density at radius 1 is 1.17 bits per heavy atom. The van der Waals surface area contributed by atoms with Gasteiger partial charge in [0.05, 0.1) is 13.7 Å². The summed E-state index contributed by atoms with van der Waals surface area (Å²) in [5, 5.41) is 11.2. The van der Waals surface area contributed by atoms with Gasteiger partial charge in [-0.15, -0.1) is 0 Å². The van der Waals surface area contributed by atoms with E-state index in [2.05, 4.69) is 15.9 Å². The van der Waals surface area contributed by atoms with Gasteiger partial charge in [0.25, 0.3) is 5.91 Å². The first-order chi connectivity index (χ1) is 14.3. The number of carbonyl (C=O) groups excluding carboxylic acids is 2. The molecule has 2 unspecified atom stereocenters. The Hall–Kier alpha value is -2.38. The number of rotatable bonds is 4. The average Bonchev–Trinajstić information content (AvgIpc) is 2.93. The lowest BCUT2D eigenvalue weighted by Gasteiger charge is -2.40. The number of halogens is 1. The molecule has 0 radical (unpaired) electrons. The van der Waals surface area contributed by atoms with Crippen LogP contribution >= 0.6 is 15.9 Å². The summed E-state index contributed by atoms with van der Waals surface area (Å²) in [5.74, 6) is 0.261. The van der Waals surface area contributed by atoms with Crippen molar-refractivity contribution >= 4 is 33.4 Å². The summed E-state index contributed by atoms with van der Waals surface area (Å²) in [6, 6.07) is 12.5. The van der Waals surface area contributed by atoms with Crippen molar-refractivity contribution in [3.05, 3.63) is 58.1 Å². The molecule has 0 saturated carbocycles. The normalized spacial score (nSPS) is 23.0. The van der Waals surface area contributed by atoms with Gasteiger partial charge in [-0.1, -0.05) is 48.0 Å². The molecule has 2 heterocycles. The third kappa shape index (κ3) is 3.30. The Bertz CT molecular complexity index is 989. The Morgan fingerprint density at radius 2 is 1.87 bits per heavy atom. The van der Waals surface area contributed by atoms with Crippen LogP contribution in [0.15, 0.2) is 46.9 Å². The molecule has 2 aliphatic heterocycles. The minimum Gasteiger partial charge on any atom is -0.497 e. The lowest BCUT2D eigenvalue weighted by Crippen LogP contribution is -2.57. The van der Waals surface area contributed by atoms with Gasteiger partial charge in [-0.3, -0.25) is 14.5 Å². The largest absolute Gasteiger partial charge is 0.497 e. The zero-order valence-electron chi connectivity index (χ0n) is 17.3. The van der Waals surface area contributed by atoms with E-state index in [1.165, 1.54) is 4.90 Å². The van der Waals surface area contributed by atoms with E-state index in [1.54, 1.807) is 12.0 Å². The summed E-state index contributed by atoms with van der Waals surface area (Å²) in [4.78, 5) is 29.1. The van der Waals surface area contributed by atoms with Crippen LogP contribution in [0.4, 0.5) is 5.69 Å². The minimum atomic E-state index is -0.865. The Balaban J connectivity index is 1.65. The average molecular weight is 473 g/mol. The number of carbonyl (C=O) groups is 2. The van der Waals surface area contributed by atoms with E-state index in [-0.39, 0.29) is 24.8 Å². The Labute approximate surface area is 184 Å². The van der Waals surface area contributed by atoms with Crippen molar-refractivity contribution < 1.29 is 19.4 Å². The molecule has 7 heteroatoms. The van der Waals surface area contributed by atoms with E-state index in [1.807, 2.05) is 56.3 Å². The molecule has 1 saturated heterocycles. The summed E-state index contributed by atoms with van der Waals surface area (Å²) in [6.45, 7) is 4.14. The van der Waals surface area contributed by atoms with E-state index in [0.717, 1.165) is 27.0 Å². The second-order valence-corrected chi connectivity index (χ2v) is 9.21. The second kappa shape index (κ2) is 7.71. The molecule has 1 fully saturated rings. The number of methoxy groups -OCH3 is 1. The maximum atomic E-state index is 13.4. The number of anilines is 1. The van der Waals surface area contributed by atoms with E-state index < -0.39 is 17.7 Å². The number of nitrogens with zero attached hydrogens (tertiary/aromatic N) is 2. The van der Waals surface area contributed by atoms with E-state index in [9.17, 15) is 14.7 Å². The van der Waals surface area contributed by atoms with Gasteiger partial charge in [-0.2, -0.15) is 0 Å². The molecule has 4 rings (SSSR count). The molecule has 158 valence electrons. The van der Waals surface area contributed by atoms with E-state index >= 15 is 0 Å². The first-order valence-corrected chi connectivity index (χ1v) is 10.8. The van der Waals surface area contributed by atoms with Crippen LogP contribution in [0, 0.1) is 0 Å². The predicted molar refractivity (Wildman–Crippen MR) is 117 cm³/mol. The smallest absolute Gasteiger partial charge is 0.252 e. The molecule has 0 aliphatic carbocycles. The van der Waals surface area contributed by atoms with Gasteiger partial charge in [0.1, 0.15) is 18.0 Å². The van der Waals surface area contributed by atoms with Crippen LogP contribution in [0.1, 0.15) is 37.8 Å². The predicted octanol–water partition coefficient (Wildman–Crippen LogP) is 3.59. The molecule has 0 bridgehead atoms. The van der Waals surface area contributed by atoms with Crippen LogP contribution in [0.3, 0.4) is 0 Å². The lowest BCUT2D eigenvalue weighted by molar-refractivity contribution is -0.150. The van der Waals surface area contributed by atoms with Crippen molar-refractivity contribution in [3.8, 4) is 5.75 Å². The van der Waals surface area contributed by atoms with Crippen molar-refractivity contribution in [2.24, 2.45) is 0 Å². The topological polar surface area (TPSA) is 70.1 Å². The van der Waals surface area contributed by atoms with Crippen LogP contribution in [0.25, 0.3) is 0 Å². The molecule has 6 nitrogen and oxygen atoms in total. The van der Waals surface area contributed by atoms with Gasteiger partial charge in [-0.05, 0) is 41.8 Å². The van der Waals surface area contributed by atoms with Gasteiger partial charge < -0.3 is 14.7 Å². The fraction of sp³-hybridized carbons (Fsp3) is 0.391. The molecule has 1 N–H and O–H groups in total. The number of hydrogen-bond acceptors (Lipinski definition) is 5. The summed E-state index contributed by atoms with van der Waals surface area (Å²) >= 11 is 3.60. The van der Waals surface area contributed by atoms with Crippen molar-refractivity contribution in [1.29, 1.82) is 0 Å². The summed E-state index contributed by atoms with van der Waals surface area (Å²) < 4.78 is 6.08. The molecular formula is C23H25BrN2O4. The quantitative estimate of drug-likeness (QED) is 0.688. The lowest BCUT2D eigenvalue weighted by atomic mass is 9.85. The number of ether oxygens (including phenoxy) is 1. The first-order valence-electron chi connectivity index (χ1n) is 9.98. The fourth-order valence-corrected chi connectivity index (χ4v) is 5.34. The Kier molecular flexibility index (Phi) is 5.36. The van der Waals surface area contributed by atoms with E-state index in [4.69, 9.17) is 4.74 Å². The molecule has 2 aromatic carbocycles. The van der Waals surface area contributed by atoms with Gasteiger partial charge in [0.15, 0.2) is 0 Å². The molecule has 2 atom stereocenters. The zero-order chi connectivity index (χ0) is 21.6. The molecule has 30 heavy (non-hydrogen) atoms. The maximum Gasteiger partial charge on any atom is 0.252 e. The fourth-order valence-electron chi connectivity index (χ4n) is 4.47. The number of hydrogen-bond donors (Lipinski definition) is 1. The molecular weight excluding hydrogens is 448 g/mol. The summed E-state index contributed by atoms with van der Waals surface area (Å²) in [6.07, 6.45) is -0.216. The maximum absolute atomic E-state index is 13.4. The highest BCUT2D eigenvalue weighted by molar-refractivity contribution is 9.10. The zero-order valence-corrected chi connectivity index (χ0v) is 18.8. The highest BCUT2D eigenvalue weighted by atomic mass is 79.9. The summed E-state index contributed by atoms with van der Waals surface area (Å²) in [5.41, 5.74) is 2.10. The number of benzene rings is 2. The van der Waals surface area contributed by atoms with Crippen LogP contribution in [0.5, 0.6) is 5.75 Å². The number of imide groups is 1. The van der Waals surface area contributed by atoms with Crippen molar-refractivity contribution in [1.82, 2.24) is 4.90 Å². The first kappa shape index (κ1) is 20.9. The number of aliphatic hydroxyl groups is 1. The van der Waals surface area contributed by atoms with Crippen LogP contribution in [-0.2, 0) is 21.5 Å². The highest BCUT2D eigenvalue weighted by Gasteiger charge is 2.50. The third-order valence-electron chi connectivity index (χ3n) is 6.14. The number of aliphatic hydroxyl groups excluding tert-OH is 1. The molecule has 2 aliphatic rings. The summed E-state index contributed by atoms with van der Waals surface area (Å²) in [7, 11) is 1.59. The van der Waals surface area contributed by atoms with Crippen molar-refractivity contribution in [2.45, 2.75) is 50.9 Å². The number of amides is 2. The van der Waals surface area contributed by atoms with Gasteiger partial charge >= 0.3 is 0 Å².